The molecule has 0 radical (unpaired) electrons. The third-order valence-corrected chi connectivity index (χ3v) is 6.67. The van der Waals surface area contributed by atoms with Crippen molar-refractivity contribution in [3.63, 3.8) is 0 Å². The molecule has 3 atom stereocenters. The maximum atomic E-state index is 13.6. The first-order chi connectivity index (χ1) is 14.4. The number of hydrogen-bond acceptors (Lipinski definition) is 6. The summed E-state index contributed by atoms with van der Waals surface area (Å²) in [5, 5.41) is 9.26. The Balaban J connectivity index is 1.76. The van der Waals surface area contributed by atoms with E-state index in [1.165, 1.54) is 4.90 Å². The highest BCUT2D eigenvalue weighted by atomic mass is 16.5. The van der Waals surface area contributed by atoms with Crippen molar-refractivity contribution < 1.29 is 14.3 Å². The molecule has 1 spiro atoms. The quantitative estimate of drug-likeness (QED) is 0.789. The molecule has 1 saturated heterocycles. The van der Waals surface area contributed by atoms with Gasteiger partial charge in [-0.25, -0.2) is 4.99 Å². The number of nitrogens with zero attached hydrogens (tertiary/aromatic N) is 3. The van der Waals surface area contributed by atoms with Crippen molar-refractivity contribution >= 4 is 11.9 Å². The molecule has 3 heterocycles. The van der Waals surface area contributed by atoms with Crippen LogP contribution in [0.4, 0.5) is 0 Å². The third-order valence-electron chi connectivity index (χ3n) is 6.67. The maximum absolute atomic E-state index is 13.6. The number of aliphatic imine (C=N–C) groups is 1. The molecule has 0 saturated carbocycles. The van der Waals surface area contributed by atoms with Crippen molar-refractivity contribution in [2.75, 3.05) is 20.3 Å². The first-order valence-corrected chi connectivity index (χ1v) is 9.94. The van der Waals surface area contributed by atoms with Gasteiger partial charge in [0.15, 0.2) is 11.5 Å². The number of ether oxygens (including phenoxy) is 2. The van der Waals surface area contributed by atoms with Crippen LogP contribution in [-0.4, -0.2) is 43.1 Å². The van der Waals surface area contributed by atoms with Crippen LogP contribution >= 0.6 is 0 Å². The second-order valence-corrected chi connectivity index (χ2v) is 8.31. The smallest absolute Gasteiger partial charge is 0.262 e. The van der Waals surface area contributed by atoms with E-state index < -0.39 is 11.0 Å². The van der Waals surface area contributed by atoms with E-state index in [1.807, 2.05) is 43.3 Å². The molecule has 2 aromatic rings. The first kappa shape index (κ1) is 18.6. The monoisotopic (exact) mass is 402 g/mol. The van der Waals surface area contributed by atoms with Gasteiger partial charge in [0.25, 0.3) is 5.91 Å². The van der Waals surface area contributed by atoms with Crippen molar-refractivity contribution in [2.45, 2.75) is 25.0 Å². The van der Waals surface area contributed by atoms with E-state index in [9.17, 15) is 10.1 Å². The van der Waals surface area contributed by atoms with Gasteiger partial charge in [-0.05, 0) is 35.4 Å². The molecular weight excluding hydrogens is 380 g/mol. The van der Waals surface area contributed by atoms with Crippen LogP contribution in [0.5, 0.6) is 5.75 Å². The Morgan fingerprint density at radius 2 is 2.07 bits per heavy atom. The van der Waals surface area contributed by atoms with Crippen molar-refractivity contribution in [1.29, 1.82) is 5.26 Å². The van der Waals surface area contributed by atoms with E-state index in [2.05, 4.69) is 6.07 Å². The number of fused-ring (bicyclic) bond motifs is 4. The minimum absolute atomic E-state index is 0.175. The minimum atomic E-state index is -1.21. The Kier molecular flexibility index (Phi) is 3.92. The van der Waals surface area contributed by atoms with Crippen LogP contribution in [0, 0.1) is 16.7 Å². The molecule has 7 nitrogen and oxygen atoms in total. The molecule has 1 amide bonds. The largest absolute Gasteiger partial charge is 0.489 e. The van der Waals surface area contributed by atoms with E-state index in [1.54, 1.807) is 13.1 Å². The van der Waals surface area contributed by atoms with Gasteiger partial charge in [-0.15, -0.1) is 0 Å². The van der Waals surface area contributed by atoms with Gasteiger partial charge in [-0.2, -0.15) is 5.26 Å². The Morgan fingerprint density at radius 1 is 1.27 bits per heavy atom. The fourth-order valence-corrected chi connectivity index (χ4v) is 4.93. The molecule has 30 heavy (non-hydrogen) atoms. The number of amides is 1. The van der Waals surface area contributed by atoms with Gasteiger partial charge in [-0.1, -0.05) is 25.1 Å². The Bertz CT molecular complexity index is 1140. The van der Waals surface area contributed by atoms with Gasteiger partial charge >= 0.3 is 0 Å². The van der Waals surface area contributed by atoms with Crippen LogP contribution in [-0.2, 0) is 15.1 Å². The number of nitrogens with two attached hydrogens (primary N) is 1. The molecule has 0 bridgehead atoms. The average Bonchev–Trinajstić information content (AvgIpc) is 3.00. The molecule has 3 aliphatic rings. The van der Waals surface area contributed by atoms with E-state index in [4.69, 9.17) is 20.2 Å². The molecule has 7 heteroatoms. The standard InChI is InChI=1S/C23H22N4O3/c1-22-13-29-9-8-19(22)30-18-7-6-16(15-5-3-4-14(10-15)12-24)11-17(18)23(22)20(28)27(2)21(25)26-23/h3-7,10-11,19H,8-9,13H2,1-2H3,(H2,25,26)/t19?,22?,23-/m1/s1. The lowest BCUT2D eigenvalue weighted by atomic mass is 9.61. The van der Waals surface area contributed by atoms with Crippen molar-refractivity contribution in [2.24, 2.45) is 16.1 Å². The molecule has 0 aromatic heterocycles. The van der Waals surface area contributed by atoms with Gasteiger partial charge in [0.05, 0.1) is 30.3 Å². The zero-order valence-corrected chi connectivity index (χ0v) is 16.9. The number of rotatable bonds is 1. The average molecular weight is 402 g/mol. The molecule has 2 aromatic carbocycles. The summed E-state index contributed by atoms with van der Waals surface area (Å²) in [7, 11) is 1.65. The number of likely N-dealkylation sites (N-methyl/N-ethyl adjacent to an activating group) is 1. The Labute approximate surface area is 174 Å². The maximum Gasteiger partial charge on any atom is 0.262 e. The van der Waals surface area contributed by atoms with Crippen LogP contribution in [0.2, 0.25) is 0 Å². The van der Waals surface area contributed by atoms with Crippen LogP contribution < -0.4 is 10.5 Å². The highest BCUT2D eigenvalue weighted by Gasteiger charge is 2.67. The zero-order valence-electron chi connectivity index (χ0n) is 16.9. The summed E-state index contributed by atoms with van der Waals surface area (Å²) in [4.78, 5) is 19.8. The summed E-state index contributed by atoms with van der Waals surface area (Å²) in [5.41, 5.74) is 7.24. The van der Waals surface area contributed by atoms with Crippen LogP contribution in [0.25, 0.3) is 11.1 Å². The van der Waals surface area contributed by atoms with E-state index in [0.717, 1.165) is 11.1 Å². The Hall–Kier alpha value is -3.37. The highest BCUT2D eigenvalue weighted by Crippen LogP contribution is 2.58. The highest BCUT2D eigenvalue weighted by molar-refractivity contribution is 6.08. The number of carbonyl (C=O) groups is 1. The van der Waals surface area contributed by atoms with Crippen LogP contribution in [0.15, 0.2) is 47.5 Å². The van der Waals surface area contributed by atoms with Gasteiger partial charge < -0.3 is 15.2 Å². The number of guanidine groups is 1. The van der Waals surface area contributed by atoms with E-state index in [-0.39, 0.29) is 18.0 Å². The third kappa shape index (κ3) is 2.28. The van der Waals surface area contributed by atoms with Crippen molar-refractivity contribution in [1.82, 2.24) is 4.90 Å². The number of carbonyl (C=O) groups excluding carboxylic acids is 1. The topological polar surface area (TPSA) is 101 Å². The summed E-state index contributed by atoms with van der Waals surface area (Å²) in [6.07, 6.45) is 0.467. The lowest BCUT2D eigenvalue weighted by molar-refractivity contribution is -0.159. The first-order valence-electron chi connectivity index (χ1n) is 9.94. The van der Waals surface area contributed by atoms with E-state index in [0.29, 0.717) is 36.5 Å². The fraction of sp³-hybridized carbons (Fsp3) is 0.348. The molecular formula is C23H22N4O3. The number of benzene rings is 2. The van der Waals surface area contributed by atoms with Crippen LogP contribution in [0.1, 0.15) is 24.5 Å². The molecule has 1 fully saturated rings. The molecule has 5 rings (SSSR count). The molecule has 152 valence electrons. The predicted octanol–water partition coefficient (Wildman–Crippen LogP) is 2.39. The van der Waals surface area contributed by atoms with Gasteiger partial charge in [0, 0.05) is 19.0 Å². The summed E-state index contributed by atoms with van der Waals surface area (Å²) in [5.74, 6) is 0.653. The minimum Gasteiger partial charge on any atom is -0.489 e. The predicted molar refractivity (Wildman–Crippen MR) is 111 cm³/mol. The van der Waals surface area contributed by atoms with Crippen molar-refractivity contribution in [3.8, 4) is 22.9 Å². The second kappa shape index (κ2) is 6.31. The fourth-order valence-electron chi connectivity index (χ4n) is 4.93. The molecule has 0 aliphatic carbocycles. The summed E-state index contributed by atoms with van der Waals surface area (Å²) < 4.78 is 12.2. The number of nitriles is 1. The lowest BCUT2D eigenvalue weighted by Crippen LogP contribution is -2.63. The summed E-state index contributed by atoms with van der Waals surface area (Å²) >= 11 is 0. The molecule has 2 unspecified atom stereocenters. The second-order valence-electron chi connectivity index (χ2n) is 8.31. The van der Waals surface area contributed by atoms with Gasteiger partial charge in [-0.3, -0.25) is 9.69 Å². The Morgan fingerprint density at radius 3 is 2.80 bits per heavy atom. The zero-order chi connectivity index (χ0) is 21.1. The van der Waals surface area contributed by atoms with Crippen LogP contribution in [0.3, 0.4) is 0 Å². The van der Waals surface area contributed by atoms with Gasteiger partial charge in [0.2, 0.25) is 0 Å². The normalized spacial score (nSPS) is 29.6. The number of hydrogen-bond donors (Lipinski definition) is 1. The van der Waals surface area contributed by atoms with Crippen molar-refractivity contribution in [3.05, 3.63) is 53.6 Å². The summed E-state index contributed by atoms with van der Waals surface area (Å²) in [6, 6.07) is 15.3. The van der Waals surface area contributed by atoms with E-state index >= 15 is 0 Å². The van der Waals surface area contributed by atoms with Gasteiger partial charge in [0.1, 0.15) is 11.9 Å². The molecule has 3 aliphatic heterocycles. The lowest BCUT2D eigenvalue weighted by Gasteiger charge is -2.53. The molecule has 2 N–H and O–H groups in total. The summed E-state index contributed by atoms with van der Waals surface area (Å²) in [6.45, 7) is 2.92. The SMILES string of the molecule is CN1C(=O)[C@]2(N=C1N)c1cc(-c3cccc(C#N)c3)ccc1OC1CCOCC12C.